The van der Waals surface area contributed by atoms with E-state index in [0.29, 0.717) is 22.3 Å². The number of hydrogen-bond donors (Lipinski definition) is 3. The van der Waals surface area contributed by atoms with E-state index in [2.05, 4.69) is 10.3 Å². The molecule has 0 aliphatic carbocycles. The van der Waals surface area contributed by atoms with Crippen LogP contribution < -0.4 is 16.9 Å². The van der Waals surface area contributed by atoms with Crippen LogP contribution in [0.2, 0.25) is 0 Å². The number of carbonyl (C=O) groups excluding carboxylic acids is 2. The second-order valence-corrected chi connectivity index (χ2v) is 6.16. The molecule has 0 saturated heterocycles. The van der Waals surface area contributed by atoms with Gasteiger partial charge >= 0.3 is 6.03 Å². The molecule has 2 aromatic rings. The number of aryl methyl sites for hydroxylation is 2. The Labute approximate surface area is 158 Å². The third-order valence-electron chi connectivity index (χ3n) is 3.35. The highest BCUT2D eigenvalue weighted by atomic mass is 35.5. The van der Waals surface area contributed by atoms with Crippen LogP contribution in [0.5, 0.6) is 0 Å². The molecule has 0 saturated carbocycles. The molecule has 1 heterocycles. The van der Waals surface area contributed by atoms with Gasteiger partial charge in [-0.3, -0.25) is 9.80 Å². The van der Waals surface area contributed by atoms with Gasteiger partial charge in [-0.2, -0.15) is 0 Å². The van der Waals surface area contributed by atoms with E-state index in [1.165, 1.54) is 30.4 Å². The minimum absolute atomic E-state index is 0. The second kappa shape index (κ2) is 9.41. The molecule has 3 amide bonds. The van der Waals surface area contributed by atoms with Gasteiger partial charge in [-0.05, 0) is 18.4 Å². The number of urea groups is 1. The standard InChI is InChI=1S/C15H17F2N5O2S.ClH/c1-8(23)20-15-21-11(7-25-15)5-4-9-2-3-10(13(17)12(9)16)6-22(19)14(18)24;/h2-3,7H,4-6,19H2,1H3,(H2,18,24)(H,20,21,23);1H. The molecule has 0 spiro atoms. The van der Waals surface area contributed by atoms with Gasteiger partial charge in [-0.25, -0.2) is 24.4 Å². The predicted octanol–water partition coefficient (Wildman–Crippen LogP) is 2.34. The molecule has 0 aliphatic rings. The number of nitrogens with zero attached hydrogens (tertiary/aromatic N) is 2. The fraction of sp³-hybridized carbons (Fsp3) is 0.267. The van der Waals surface area contributed by atoms with E-state index in [-0.39, 0.29) is 42.4 Å². The van der Waals surface area contributed by atoms with Gasteiger partial charge in [0.1, 0.15) is 0 Å². The summed E-state index contributed by atoms with van der Waals surface area (Å²) in [6, 6.07) is 1.85. The smallest absolute Gasteiger partial charge is 0.329 e. The number of benzene rings is 1. The number of nitrogens with two attached hydrogens (primary N) is 2. The van der Waals surface area contributed by atoms with Gasteiger partial charge in [0.15, 0.2) is 16.8 Å². The summed E-state index contributed by atoms with van der Waals surface area (Å²) in [4.78, 5) is 26.0. The molecule has 1 aromatic heterocycles. The van der Waals surface area contributed by atoms with Crippen molar-refractivity contribution in [2.24, 2.45) is 11.6 Å². The third-order valence-corrected chi connectivity index (χ3v) is 4.16. The number of anilines is 1. The van der Waals surface area contributed by atoms with Crippen molar-refractivity contribution in [3.63, 3.8) is 0 Å². The minimum Gasteiger partial charge on any atom is -0.350 e. The Bertz CT molecular complexity index is 802. The van der Waals surface area contributed by atoms with Crippen LogP contribution in [0.1, 0.15) is 23.7 Å². The molecule has 5 N–H and O–H groups in total. The zero-order chi connectivity index (χ0) is 18.6. The van der Waals surface area contributed by atoms with Crippen LogP contribution in [0, 0.1) is 11.6 Å². The normalized spacial score (nSPS) is 10.2. The van der Waals surface area contributed by atoms with Crippen molar-refractivity contribution in [1.29, 1.82) is 0 Å². The van der Waals surface area contributed by atoms with E-state index in [4.69, 9.17) is 11.6 Å². The van der Waals surface area contributed by atoms with Crippen molar-refractivity contribution >= 4 is 40.8 Å². The summed E-state index contributed by atoms with van der Waals surface area (Å²) in [5.74, 6) is 3.03. The Hall–Kier alpha value is -2.30. The number of hydrogen-bond acceptors (Lipinski definition) is 5. The number of hydrazine groups is 1. The van der Waals surface area contributed by atoms with E-state index in [0.717, 1.165) is 0 Å². The molecular weight excluding hydrogens is 388 g/mol. The number of nitrogens with one attached hydrogen (secondary N) is 1. The van der Waals surface area contributed by atoms with Crippen LogP contribution in [-0.4, -0.2) is 21.9 Å². The van der Waals surface area contributed by atoms with Crippen LogP contribution in [-0.2, 0) is 24.2 Å². The Morgan fingerprint density at radius 1 is 1.23 bits per heavy atom. The fourth-order valence-corrected chi connectivity index (χ4v) is 2.89. The van der Waals surface area contributed by atoms with Crippen molar-refractivity contribution in [3.05, 3.63) is 46.0 Å². The van der Waals surface area contributed by atoms with Crippen LogP contribution in [0.3, 0.4) is 0 Å². The largest absolute Gasteiger partial charge is 0.350 e. The maximum atomic E-state index is 14.2. The van der Waals surface area contributed by atoms with Crippen LogP contribution >= 0.6 is 23.7 Å². The van der Waals surface area contributed by atoms with E-state index in [1.54, 1.807) is 5.38 Å². The number of aromatic nitrogens is 1. The number of rotatable bonds is 6. The summed E-state index contributed by atoms with van der Waals surface area (Å²) < 4.78 is 28.3. The molecule has 0 unspecified atom stereocenters. The summed E-state index contributed by atoms with van der Waals surface area (Å²) >= 11 is 1.26. The Kier molecular flexibility index (Phi) is 7.87. The van der Waals surface area contributed by atoms with Crippen molar-refractivity contribution < 1.29 is 18.4 Å². The summed E-state index contributed by atoms with van der Waals surface area (Å²) in [6.45, 7) is 1.05. The topological polar surface area (TPSA) is 114 Å². The first kappa shape index (κ1) is 21.7. The molecule has 0 aliphatic heterocycles. The first-order valence-electron chi connectivity index (χ1n) is 7.27. The average molecular weight is 406 g/mol. The van der Waals surface area contributed by atoms with Crippen molar-refractivity contribution in [3.8, 4) is 0 Å². The van der Waals surface area contributed by atoms with Crippen molar-refractivity contribution in [1.82, 2.24) is 9.99 Å². The van der Waals surface area contributed by atoms with Crippen molar-refractivity contribution in [2.45, 2.75) is 26.3 Å². The van der Waals surface area contributed by atoms with Gasteiger partial charge in [-0.15, -0.1) is 23.7 Å². The lowest BCUT2D eigenvalue weighted by molar-refractivity contribution is -0.114. The molecule has 11 heteroatoms. The van der Waals surface area contributed by atoms with Gasteiger partial charge in [0.2, 0.25) is 5.91 Å². The molecule has 26 heavy (non-hydrogen) atoms. The molecule has 2 rings (SSSR count). The van der Waals surface area contributed by atoms with Gasteiger partial charge in [0, 0.05) is 17.9 Å². The first-order valence-corrected chi connectivity index (χ1v) is 8.15. The van der Waals surface area contributed by atoms with Gasteiger partial charge in [0.25, 0.3) is 0 Å². The molecule has 142 valence electrons. The average Bonchev–Trinajstić information content (AvgIpc) is 2.97. The van der Waals surface area contributed by atoms with Crippen LogP contribution in [0.15, 0.2) is 17.5 Å². The Morgan fingerprint density at radius 2 is 1.85 bits per heavy atom. The number of primary amides is 1. The zero-order valence-electron chi connectivity index (χ0n) is 13.8. The molecule has 0 bridgehead atoms. The van der Waals surface area contributed by atoms with Gasteiger partial charge in [-0.1, -0.05) is 12.1 Å². The van der Waals surface area contributed by atoms with Crippen LogP contribution in [0.4, 0.5) is 18.7 Å². The van der Waals surface area contributed by atoms with Crippen LogP contribution in [0.25, 0.3) is 0 Å². The number of carbonyl (C=O) groups is 2. The highest BCUT2D eigenvalue weighted by Gasteiger charge is 2.16. The maximum absolute atomic E-state index is 14.2. The highest BCUT2D eigenvalue weighted by molar-refractivity contribution is 7.13. The number of thiazole rings is 1. The SMILES string of the molecule is CC(=O)Nc1nc(CCc2ccc(CN(N)C(N)=O)c(F)c2F)cs1.Cl. The number of amides is 3. The summed E-state index contributed by atoms with van der Waals surface area (Å²) in [5.41, 5.74) is 5.74. The monoisotopic (exact) mass is 405 g/mol. The minimum atomic E-state index is -1.06. The molecular formula is C15H18ClF2N5O2S. The van der Waals surface area contributed by atoms with E-state index < -0.39 is 17.7 Å². The lowest BCUT2D eigenvalue weighted by Crippen LogP contribution is -2.40. The molecule has 1 aromatic carbocycles. The Balaban J connectivity index is 0.00000338. The maximum Gasteiger partial charge on any atom is 0.329 e. The van der Waals surface area contributed by atoms with E-state index in [9.17, 15) is 18.4 Å². The van der Waals surface area contributed by atoms with Gasteiger partial charge < -0.3 is 11.1 Å². The first-order chi connectivity index (χ1) is 11.8. The molecule has 0 radical (unpaired) electrons. The molecule has 0 fully saturated rings. The van der Waals surface area contributed by atoms with E-state index in [1.807, 2.05) is 0 Å². The fourth-order valence-electron chi connectivity index (χ4n) is 2.10. The summed E-state index contributed by atoms with van der Waals surface area (Å²) in [7, 11) is 0. The van der Waals surface area contributed by atoms with Gasteiger partial charge in [0.05, 0.1) is 12.2 Å². The summed E-state index contributed by atoms with van der Waals surface area (Å²) in [5, 5.41) is 5.35. The Morgan fingerprint density at radius 3 is 2.46 bits per heavy atom. The predicted molar refractivity (Wildman–Crippen MR) is 96.7 cm³/mol. The molecule has 0 atom stereocenters. The summed E-state index contributed by atoms with van der Waals surface area (Å²) in [6.07, 6.45) is 0.616. The second-order valence-electron chi connectivity index (χ2n) is 5.30. The quantitative estimate of drug-likeness (QED) is 0.388. The van der Waals surface area contributed by atoms with E-state index >= 15 is 0 Å². The lowest BCUT2D eigenvalue weighted by Gasteiger charge is -2.15. The lowest BCUT2D eigenvalue weighted by atomic mass is 10.0. The zero-order valence-corrected chi connectivity index (χ0v) is 15.4. The highest BCUT2D eigenvalue weighted by Crippen LogP contribution is 2.21. The third kappa shape index (κ3) is 5.61. The van der Waals surface area contributed by atoms with Crippen molar-refractivity contribution in [2.75, 3.05) is 5.32 Å². The molecule has 7 nitrogen and oxygen atoms in total. The number of halogens is 3.